The average Bonchev–Trinajstić information content (AvgIpc) is 3.13. The van der Waals surface area contributed by atoms with Crippen LogP contribution < -0.4 is 5.73 Å². The molecule has 140 valence electrons. The lowest BCUT2D eigenvalue weighted by molar-refractivity contribution is -0.167. The SMILES string of the molecule is CC(OC(=O)[C@@H](N)Cc1cnc[nH]1)OC(=O)N(C)CCc1ccccn1. The molecule has 3 N–H and O–H groups in total. The number of nitrogens with zero attached hydrogens (tertiary/aromatic N) is 3. The Morgan fingerprint density at radius 2 is 2.15 bits per heavy atom. The minimum absolute atomic E-state index is 0.253. The number of esters is 1. The van der Waals surface area contributed by atoms with Crippen LogP contribution in [0.1, 0.15) is 18.3 Å². The molecule has 26 heavy (non-hydrogen) atoms. The molecule has 9 heteroatoms. The van der Waals surface area contributed by atoms with E-state index in [9.17, 15) is 9.59 Å². The third kappa shape index (κ3) is 6.17. The predicted molar refractivity (Wildman–Crippen MR) is 92.9 cm³/mol. The van der Waals surface area contributed by atoms with Crippen molar-refractivity contribution in [3.8, 4) is 0 Å². The van der Waals surface area contributed by atoms with Crippen molar-refractivity contribution in [2.24, 2.45) is 5.73 Å². The van der Waals surface area contributed by atoms with E-state index in [-0.39, 0.29) is 6.42 Å². The molecule has 0 aliphatic carbocycles. The molecule has 1 amide bonds. The Hall–Kier alpha value is -2.94. The van der Waals surface area contributed by atoms with Crippen LogP contribution in [-0.2, 0) is 27.1 Å². The standard InChI is InChI=1S/C17H23N5O4/c1-12(25-16(23)15(18)9-14-10-19-11-21-14)26-17(24)22(2)8-6-13-5-3-4-7-20-13/h3-5,7,10-12,15H,6,8-9,18H2,1-2H3,(H,19,21)/t12?,15-/m0/s1. The van der Waals surface area contributed by atoms with Gasteiger partial charge in [0, 0.05) is 57.1 Å². The number of amides is 1. The van der Waals surface area contributed by atoms with Crippen molar-refractivity contribution in [1.82, 2.24) is 19.9 Å². The van der Waals surface area contributed by atoms with E-state index in [4.69, 9.17) is 15.2 Å². The number of pyridine rings is 1. The first kappa shape index (κ1) is 19.4. The first-order valence-electron chi connectivity index (χ1n) is 8.20. The molecular formula is C17H23N5O4. The second-order valence-electron chi connectivity index (χ2n) is 5.77. The van der Waals surface area contributed by atoms with Crippen LogP contribution in [0.4, 0.5) is 4.79 Å². The van der Waals surface area contributed by atoms with Crippen LogP contribution in [0.3, 0.4) is 0 Å². The van der Waals surface area contributed by atoms with E-state index in [0.29, 0.717) is 18.7 Å². The van der Waals surface area contributed by atoms with E-state index in [0.717, 1.165) is 5.69 Å². The normalized spacial score (nSPS) is 12.9. The van der Waals surface area contributed by atoms with Crippen LogP contribution in [0.25, 0.3) is 0 Å². The van der Waals surface area contributed by atoms with Crippen molar-refractivity contribution < 1.29 is 19.1 Å². The van der Waals surface area contributed by atoms with E-state index < -0.39 is 24.4 Å². The highest BCUT2D eigenvalue weighted by atomic mass is 16.7. The Labute approximate surface area is 151 Å². The molecule has 0 saturated heterocycles. The van der Waals surface area contributed by atoms with E-state index in [1.807, 2.05) is 18.2 Å². The van der Waals surface area contributed by atoms with Crippen molar-refractivity contribution in [1.29, 1.82) is 0 Å². The highest BCUT2D eigenvalue weighted by molar-refractivity contribution is 5.76. The number of H-pyrrole nitrogens is 1. The topological polar surface area (TPSA) is 123 Å². The molecule has 0 saturated carbocycles. The Balaban J connectivity index is 1.72. The fourth-order valence-corrected chi connectivity index (χ4v) is 2.14. The Kier molecular flexibility index (Phi) is 7.10. The number of ether oxygens (including phenoxy) is 2. The number of nitrogens with two attached hydrogens (primary N) is 1. The lowest BCUT2D eigenvalue weighted by Crippen LogP contribution is -2.39. The van der Waals surface area contributed by atoms with Crippen LogP contribution in [0.2, 0.25) is 0 Å². The van der Waals surface area contributed by atoms with Gasteiger partial charge in [-0.05, 0) is 12.1 Å². The smallest absolute Gasteiger partial charge is 0.412 e. The van der Waals surface area contributed by atoms with E-state index in [2.05, 4.69) is 15.0 Å². The van der Waals surface area contributed by atoms with Crippen LogP contribution in [0.15, 0.2) is 36.9 Å². The third-order valence-electron chi connectivity index (χ3n) is 3.59. The molecule has 0 bridgehead atoms. The summed E-state index contributed by atoms with van der Waals surface area (Å²) in [4.78, 5) is 36.3. The Morgan fingerprint density at radius 1 is 1.35 bits per heavy atom. The van der Waals surface area contributed by atoms with Crippen molar-refractivity contribution >= 4 is 12.1 Å². The first-order chi connectivity index (χ1) is 12.5. The number of rotatable bonds is 8. The van der Waals surface area contributed by atoms with Crippen molar-refractivity contribution in [2.45, 2.75) is 32.1 Å². The lowest BCUT2D eigenvalue weighted by atomic mass is 10.2. The van der Waals surface area contributed by atoms with E-state index in [1.165, 1.54) is 18.2 Å². The molecule has 2 aromatic heterocycles. The van der Waals surface area contributed by atoms with Gasteiger partial charge in [-0.1, -0.05) is 6.07 Å². The second-order valence-corrected chi connectivity index (χ2v) is 5.77. The summed E-state index contributed by atoms with van der Waals surface area (Å²) >= 11 is 0. The molecule has 2 rings (SSSR count). The molecule has 0 radical (unpaired) electrons. The van der Waals surface area contributed by atoms with Gasteiger partial charge in [0.1, 0.15) is 6.04 Å². The van der Waals surface area contributed by atoms with Gasteiger partial charge in [0.25, 0.3) is 0 Å². The van der Waals surface area contributed by atoms with Crippen LogP contribution in [0.5, 0.6) is 0 Å². The van der Waals surface area contributed by atoms with Gasteiger partial charge >= 0.3 is 12.1 Å². The van der Waals surface area contributed by atoms with Crippen molar-refractivity contribution in [3.63, 3.8) is 0 Å². The fraction of sp³-hybridized carbons (Fsp3) is 0.412. The summed E-state index contributed by atoms with van der Waals surface area (Å²) in [5.74, 6) is -0.656. The fourth-order valence-electron chi connectivity index (χ4n) is 2.14. The zero-order chi connectivity index (χ0) is 18.9. The van der Waals surface area contributed by atoms with Crippen molar-refractivity contribution in [3.05, 3.63) is 48.3 Å². The average molecular weight is 361 g/mol. The number of aromatic nitrogens is 3. The molecule has 9 nitrogen and oxygen atoms in total. The van der Waals surface area contributed by atoms with Gasteiger partial charge < -0.3 is 25.1 Å². The predicted octanol–water partition coefficient (Wildman–Crippen LogP) is 0.875. The molecule has 0 aromatic carbocycles. The van der Waals surface area contributed by atoms with Gasteiger partial charge in [-0.2, -0.15) is 0 Å². The molecule has 0 aliphatic rings. The van der Waals surface area contributed by atoms with Gasteiger partial charge in [-0.25, -0.2) is 9.78 Å². The summed E-state index contributed by atoms with van der Waals surface area (Å²) in [6, 6.07) is 4.71. The van der Waals surface area contributed by atoms with Crippen LogP contribution in [-0.4, -0.2) is 57.8 Å². The maximum atomic E-state index is 12.0. The highest BCUT2D eigenvalue weighted by Gasteiger charge is 2.22. The number of nitrogens with one attached hydrogen (secondary N) is 1. The summed E-state index contributed by atoms with van der Waals surface area (Å²) in [5.41, 5.74) is 7.37. The molecule has 2 atom stereocenters. The summed E-state index contributed by atoms with van der Waals surface area (Å²) in [6.07, 6.45) is 3.98. The number of carbonyl (C=O) groups excluding carboxylic acids is 2. The number of imidazole rings is 1. The Morgan fingerprint density at radius 3 is 2.81 bits per heavy atom. The van der Waals surface area contributed by atoms with Crippen LogP contribution in [0, 0.1) is 0 Å². The van der Waals surface area contributed by atoms with E-state index >= 15 is 0 Å². The molecule has 1 unspecified atom stereocenters. The van der Waals surface area contributed by atoms with Crippen molar-refractivity contribution in [2.75, 3.05) is 13.6 Å². The summed E-state index contributed by atoms with van der Waals surface area (Å²) < 4.78 is 10.2. The third-order valence-corrected chi connectivity index (χ3v) is 3.59. The van der Waals surface area contributed by atoms with Gasteiger partial charge in [0.15, 0.2) is 0 Å². The number of aromatic amines is 1. The van der Waals surface area contributed by atoms with Gasteiger partial charge in [0.05, 0.1) is 6.33 Å². The highest BCUT2D eigenvalue weighted by Crippen LogP contribution is 2.04. The molecule has 0 aliphatic heterocycles. The van der Waals surface area contributed by atoms with Gasteiger partial charge in [-0.15, -0.1) is 0 Å². The van der Waals surface area contributed by atoms with Gasteiger partial charge in [-0.3, -0.25) is 9.78 Å². The zero-order valence-corrected chi connectivity index (χ0v) is 14.8. The first-order valence-corrected chi connectivity index (χ1v) is 8.20. The molecule has 2 heterocycles. The summed E-state index contributed by atoms with van der Waals surface area (Å²) in [7, 11) is 1.60. The number of hydrogen-bond donors (Lipinski definition) is 2. The monoisotopic (exact) mass is 361 g/mol. The lowest BCUT2D eigenvalue weighted by Gasteiger charge is -2.21. The van der Waals surface area contributed by atoms with Crippen LogP contribution >= 0.6 is 0 Å². The molecule has 2 aromatic rings. The number of carbonyl (C=O) groups is 2. The summed E-state index contributed by atoms with van der Waals surface area (Å²) in [5, 5.41) is 0. The maximum absolute atomic E-state index is 12.0. The maximum Gasteiger partial charge on any atom is 0.412 e. The minimum Gasteiger partial charge on any atom is -0.424 e. The molecule has 0 fully saturated rings. The quantitative estimate of drug-likeness (QED) is 0.528. The minimum atomic E-state index is -1.04. The van der Waals surface area contributed by atoms with E-state index in [1.54, 1.807) is 19.4 Å². The largest absolute Gasteiger partial charge is 0.424 e. The second kappa shape index (κ2) is 9.52. The molecular weight excluding hydrogens is 338 g/mol. The number of likely N-dealkylation sites (N-methyl/N-ethyl adjacent to an activating group) is 1. The Bertz CT molecular complexity index is 692. The molecule has 0 spiro atoms. The van der Waals surface area contributed by atoms with Gasteiger partial charge in [0.2, 0.25) is 6.29 Å². The number of hydrogen-bond acceptors (Lipinski definition) is 7. The zero-order valence-electron chi connectivity index (χ0n) is 14.8. The summed E-state index contributed by atoms with van der Waals surface area (Å²) in [6.45, 7) is 1.89.